The van der Waals surface area contributed by atoms with Gasteiger partial charge in [-0.25, -0.2) is 0 Å². The first-order valence-electron chi connectivity index (χ1n) is 9.17. The summed E-state index contributed by atoms with van der Waals surface area (Å²) in [4.78, 5) is 7.17. The third-order valence-corrected chi connectivity index (χ3v) is 4.64. The minimum Gasteiger partial charge on any atom is -0.357 e. The van der Waals surface area contributed by atoms with E-state index in [1.807, 2.05) is 6.92 Å². The summed E-state index contributed by atoms with van der Waals surface area (Å²) in [5.74, 6) is 0.554. The zero-order valence-electron chi connectivity index (χ0n) is 15.3. The van der Waals surface area contributed by atoms with Crippen molar-refractivity contribution in [2.45, 2.75) is 38.2 Å². The van der Waals surface area contributed by atoms with Crippen molar-refractivity contribution in [2.75, 3.05) is 52.4 Å². The zero-order chi connectivity index (χ0) is 20.1. The molecular formula is C16H27F6N5. The third-order valence-electron chi connectivity index (χ3n) is 4.64. The number of rotatable bonds is 6. The fraction of sp³-hybridized carbons (Fsp3) is 0.938. The third kappa shape index (κ3) is 8.54. The van der Waals surface area contributed by atoms with Crippen LogP contribution in [0.1, 0.15) is 19.8 Å². The van der Waals surface area contributed by atoms with E-state index in [-0.39, 0.29) is 18.5 Å². The number of nitrogens with zero attached hydrogens (tertiary/aromatic N) is 3. The van der Waals surface area contributed by atoms with Crippen molar-refractivity contribution in [1.82, 2.24) is 20.4 Å². The van der Waals surface area contributed by atoms with Gasteiger partial charge < -0.3 is 10.6 Å². The zero-order valence-corrected chi connectivity index (χ0v) is 15.3. The van der Waals surface area contributed by atoms with Crippen molar-refractivity contribution in [2.24, 2.45) is 10.9 Å². The molecule has 0 spiro atoms. The van der Waals surface area contributed by atoms with E-state index in [0.29, 0.717) is 51.5 Å². The molecule has 0 saturated carbocycles. The number of alkyl halides is 6. The number of hydrogen-bond acceptors (Lipinski definition) is 3. The van der Waals surface area contributed by atoms with Crippen LogP contribution in [0.15, 0.2) is 4.99 Å². The molecule has 2 aliphatic rings. The number of nitrogens with one attached hydrogen (secondary N) is 2. The first-order valence-corrected chi connectivity index (χ1v) is 9.17. The van der Waals surface area contributed by atoms with Crippen LogP contribution in [0.2, 0.25) is 0 Å². The van der Waals surface area contributed by atoms with Gasteiger partial charge in [0.2, 0.25) is 0 Å². The number of hydrogen-bond donors (Lipinski definition) is 2. The van der Waals surface area contributed by atoms with Gasteiger partial charge in [0.25, 0.3) is 0 Å². The van der Waals surface area contributed by atoms with E-state index in [9.17, 15) is 26.3 Å². The largest absolute Gasteiger partial charge is 0.401 e. The lowest BCUT2D eigenvalue weighted by Gasteiger charge is -2.20. The summed E-state index contributed by atoms with van der Waals surface area (Å²) in [6, 6.07) is -0.129. The Morgan fingerprint density at radius 2 is 1.56 bits per heavy atom. The smallest absolute Gasteiger partial charge is 0.357 e. The molecule has 2 heterocycles. The maximum atomic E-state index is 12.5. The van der Waals surface area contributed by atoms with Crippen molar-refractivity contribution in [3.63, 3.8) is 0 Å². The molecule has 158 valence electrons. The molecular weight excluding hydrogens is 376 g/mol. The number of halogens is 6. The van der Waals surface area contributed by atoms with Crippen molar-refractivity contribution in [1.29, 1.82) is 0 Å². The van der Waals surface area contributed by atoms with Gasteiger partial charge in [-0.3, -0.25) is 14.8 Å². The van der Waals surface area contributed by atoms with Crippen LogP contribution in [0, 0.1) is 5.92 Å². The Kier molecular flexibility index (Phi) is 7.61. The van der Waals surface area contributed by atoms with Gasteiger partial charge in [-0.05, 0) is 32.2 Å². The molecule has 0 bridgehead atoms. The molecule has 0 aromatic carbocycles. The molecule has 2 aliphatic heterocycles. The highest BCUT2D eigenvalue weighted by Crippen LogP contribution is 2.23. The number of likely N-dealkylation sites (tertiary alicyclic amines) is 2. The SMILES string of the molecule is CCNC(=NCC1CCN(CC(F)(F)F)C1)NC1CCN(CC(F)(F)F)C1. The van der Waals surface area contributed by atoms with Gasteiger partial charge >= 0.3 is 12.4 Å². The maximum absolute atomic E-state index is 12.5. The van der Waals surface area contributed by atoms with Crippen molar-refractivity contribution in [3.05, 3.63) is 0 Å². The van der Waals surface area contributed by atoms with E-state index < -0.39 is 25.4 Å². The van der Waals surface area contributed by atoms with Gasteiger partial charge in [-0.15, -0.1) is 0 Å². The van der Waals surface area contributed by atoms with Gasteiger partial charge in [0.05, 0.1) is 13.1 Å². The fourth-order valence-electron chi connectivity index (χ4n) is 3.54. The first-order chi connectivity index (χ1) is 12.5. The van der Waals surface area contributed by atoms with E-state index in [0.717, 1.165) is 0 Å². The maximum Gasteiger partial charge on any atom is 0.401 e. The molecule has 0 aromatic heterocycles. The summed E-state index contributed by atoms with van der Waals surface area (Å²) in [6.07, 6.45) is -7.16. The minimum absolute atomic E-state index is 0.0492. The van der Waals surface area contributed by atoms with Gasteiger partial charge in [0.15, 0.2) is 5.96 Å². The highest BCUT2D eigenvalue weighted by Gasteiger charge is 2.35. The first kappa shape index (κ1) is 22.1. The lowest BCUT2D eigenvalue weighted by Crippen LogP contribution is -2.45. The van der Waals surface area contributed by atoms with Gasteiger partial charge in [0.1, 0.15) is 0 Å². The minimum atomic E-state index is -4.21. The van der Waals surface area contributed by atoms with Crippen molar-refractivity contribution in [3.8, 4) is 0 Å². The van der Waals surface area contributed by atoms with Crippen LogP contribution in [0.3, 0.4) is 0 Å². The molecule has 0 aliphatic carbocycles. The van der Waals surface area contributed by atoms with Crippen LogP contribution in [-0.2, 0) is 0 Å². The molecule has 27 heavy (non-hydrogen) atoms. The Balaban J connectivity index is 1.79. The summed E-state index contributed by atoms with van der Waals surface area (Å²) in [6.45, 7) is 2.45. The molecule has 0 radical (unpaired) electrons. The molecule has 0 aromatic rings. The highest BCUT2D eigenvalue weighted by atomic mass is 19.4. The standard InChI is InChI=1S/C16H27F6N5/c1-2-23-14(25-13-4-6-27(9-13)11-16(20,21)22)24-7-12-3-5-26(8-12)10-15(17,18)19/h12-13H,2-11H2,1H3,(H2,23,24,25). The van der Waals surface area contributed by atoms with Crippen LogP contribution in [0.4, 0.5) is 26.3 Å². The number of aliphatic imine (C=N–C) groups is 1. The van der Waals surface area contributed by atoms with Crippen molar-refractivity contribution < 1.29 is 26.3 Å². The summed E-state index contributed by atoms with van der Waals surface area (Å²) in [7, 11) is 0. The normalized spacial score (nSPS) is 26.0. The monoisotopic (exact) mass is 403 g/mol. The predicted octanol–water partition coefficient (Wildman–Crippen LogP) is 2.06. The second-order valence-electron chi connectivity index (χ2n) is 7.20. The van der Waals surface area contributed by atoms with Crippen LogP contribution in [0.25, 0.3) is 0 Å². The average molecular weight is 403 g/mol. The number of guanidine groups is 1. The van der Waals surface area contributed by atoms with Crippen LogP contribution < -0.4 is 10.6 Å². The Morgan fingerprint density at radius 1 is 0.963 bits per heavy atom. The van der Waals surface area contributed by atoms with Gasteiger partial charge in [0, 0.05) is 38.8 Å². The molecule has 5 nitrogen and oxygen atoms in total. The molecule has 2 saturated heterocycles. The summed E-state index contributed by atoms with van der Waals surface area (Å²) < 4.78 is 74.8. The molecule has 2 N–H and O–H groups in total. The average Bonchev–Trinajstić information content (AvgIpc) is 3.11. The van der Waals surface area contributed by atoms with E-state index >= 15 is 0 Å². The Bertz CT molecular complexity index is 493. The topological polar surface area (TPSA) is 42.9 Å². The van der Waals surface area contributed by atoms with E-state index in [2.05, 4.69) is 15.6 Å². The Labute approximate surface area is 155 Å². The van der Waals surface area contributed by atoms with Crippen molar-refractivity contribution >= 4 is 5.96 Å². The second kappa shape index (κ2) is 9.31. The Hall–Kier alpha value is -1.23. The van der Waals surface area contributed by atoms with Crippen LogP contribution in [0.5, 0.6) is 0 Å². The molecule has 2 unspecified atom stereocenters. The van der Waals surface area contributed by atoms with Crippen LogP contribution >= 0.6 is 0 Å². The summed E-state index contributed by atoms with van der Waals surface area (Å²) in [5.41, 5.74) is 0. The Morgan fingerprint density at radius 3 is 2.15 bits per heavy atom. The van der Waals surface area contributed by atoms with E-state index in [1.54, 1.807) is 0 Å². The lowest BCUT2D eigenvalue weighted by atomic mass is 10.1. The highest BCUT2D eigenvalue weighted by molar-refractivity contribution is 5.80. The quantitative estimate of drug-likeness (QED) is 0.405. The van der Waals surface area contributed by atoms with Gasteiger partial charge in [-0.2, -0.15) is 26.3 Å². The van der Waals surface area contributed by atoms with Crippen LogP contribution in [-0.4, -0.2) is 86.5 Å². The molecule has 2 rings (SSSR count). The predicted molar refractivity (Wildman–Crippen MR) is 90.6 cm³/mol. The van der Waals surface area contributed by atoms with E-state index in [4.69, 9.17) is 0 Å². The molecule has 2 atom stereocenters. The molecule has 0 amide bonds. The molecule has 11 heteroatoms. The van der Waals surface area contributed by atoms with E-state index in [1.165, 1.54) is 9.80 Å². The lowest BCUT2D eigenvalue weighted by molar-refractivity contribution is -0.144. The second-order valence-corrected chi connectivity index (χ2v) is 7.20. The summed E-state index contributed by atoms with van der Waals surface area (Å²) in [5, 5.41) is 6.19. The molecule has 2 fully saturated rings. The summed E-state index contributed by atoms with van der Waals surface area (Å²) >= 11 is 0. The fourth-order valence-corrected chi connectivity index (χ4v) is 3.54. The van der Waals surface area contributed by atoms with Gasteiger partial charge in [-0.1, -0.05) is 0 Å².